The highest BCUT2D eigenvalue weighted by atomic mass is 127. The molecule has 6 nitrogen and oxygen atoms in total. The van der Waals surface area contributed by atoms with E-state index in [0.29, 0.717) is 35.0 Å². The number of ether oxygens (including phenoxy) is 3. The number of hydrogen-bond donors (Lipinski definition) is 0. The lowest BCUT2D eigenvalue weighted by molar-refractivity contribution is -0.130. The summed E-state index contributed by atoms with van der Waals surface area (Å²) >= 11 is 2.13. The second-order valence-electron chi connectivity index (χ2n) is 6.49. The Balaban J connectivity index is 1.61. The zero-order chi connectivity index (χ0) is 21.8. The fraction of sp³-hybridized carbons (Fsp3) is 0.130. The molecular weight excluding hydrogens is 516 g/mol. The Morgan fingerprint density at radius 1 is 1.16 bits per heavy atom. The van der Waals surface area contributed by atoms with Crippen LogP contribution in [0.3, 0.4) is 0 Å². The molecule has 0 bridgehead atoms. The number of halogens is 2. The fourth-order valence-corrected chi connectivity index (χ4v) is 3.71. The number of hydrogen-bond acceptors (Lipinski definition) is 6. The monoisotopic (exact) mass is 533 g/mol. The van der Waals surface area contributed by atoms with E-state index in [2.05, 4.69) is 27.6 Å². The minimum absolute atomic E-state index is 0.121. The van der Waals surface area contributed by atoms with Gasteiger partial charge < -0.3 is 18.6 Å². The molecule has 8 heteroatoms. The van der Waals surface area contributed by atoms with E-state index >= 15 is 0 Å². The summed E-state index contributed by atoms with van der Waals surface area (Å²) in [5.74, 6) is 0.673. The highest BCUT2D eigenvalue weighted by Gasteiger charge is 2.26. The zero-order valence-electron chi connectivity index (χ0n) is 16.4. The van der Waals surface area contributed by atoms with Crippen molar-refractivity contribution in [3.05, 3.63) is 86.8 Å². The highest BCUT2D eigenvalue weighted by molar-refractivity contribution is 14.1. The lowest BCUT2D eigenvalue weighted by Gasteiger charge is -2.15. The Hall–Kier alpha value is -3.14. The van der Waals surface area contributed by atoms with Gasteiger partial charge in [-0.05, 0) is 83.1 Å². The molecule has 2 aromatic carbocycles. The number of rotatable bonds is 7. The molecule has 1 aromatic heterocycles. The Kier molecular flexibility index (Phi) is 6.36. The van der Waals surface area contributed by atoms with Gasteiger partial charge >= 0.3 is 5.97 Å². The lowest BCUT2D eigenvalue weighted by atomic mass is 10.1. The van der Waals surface area contributed by atoms with Crippen molar-refractivity contribution in [1.29, 1.82) is 0 Å². The van der Waals surface area contributed by atoms with E-state index in [1.54, 1.807) is 36.4 Å². The van der Waals surface area contributed by atoms with Gasteiger partial charge in [-0.1, -0.05) is 12.1 Å². The van der Waals surface area contributed by atoms with Crippen LogP contribution in [0.25, 0.3) is 6.08 Å². The highest BCUT2D eigenvalue weighted by Crippen LogP contribution is 2.36. The minimum Gasteiger partial charge on any atom is -0.490 e. The summed E-state index contributed by atoms with van der Waals surface area (Å²) in [7, 11) is 0. The van der Waals surface area contributed by atoms with Crippen molar-refractivity contribution in [2.75, 3.05) is 6.61 Å². The van der Waals surface area contributed by atoms with Gasteiger partial charge in [0.2, 0.25) is 0 Å². The van der Waals surface area contributed by atoms with Gasteiger partial charge in [0.1, 0.15) is 12.4 Å². The minimum atomic E-state index is -0.564. The van der Waals surface area contributed by atoms with Crippen LogP contribution in [0.2, 0.25) is 0 Å². The normalized spacial score (nSPS) is 14.5. The first-order chi connectivity index (χ1) is 15.0. The van der Waals surface area contributed by atoms with Crippen LogP contribution in [0.4, 0.5) is 4.39 Å². The molecule has 2 heterocycles. The molecule has 0 fully saturated rings. The van der Waals surface area contributed by atoms with Crippen molar-refractivity contribution in [3.8, 4) is 11.5 Å². The van der Waals surface area contributed by atoms with Crippen LogP contribution in [0.15, 0.2) is 69.9 Å². The quantitative estimate of drug-likeness (QED) is 0.233. The SMILES string of the molecule is CCOc1cc(/C=C2\N=C(c3ccco3)OC2=O)cc(I)c1OCc1cccc(F)c1. The predicted octanol–water partition coefficient (Wildman–Crippen LogP) is 5.35. The molecule has 0 saturated carbocycles. The molecule has 0 aliphatic carbocycles. The second kappa shape index (κ2) is 9.34. The average molecular weight is 533 g/mol. The van der Waals surface area contributed by atoms with Gasteiger partial charge in [0.15, 0.2) is 23.0 Å². The van der Waals surface area contributed by atoms with E-state index in [1.165, 1.54) is 18.4 Å². The van der Waals surface area contributed by atoms with Gasteiger partial charge in [-0.15, -0.1) is 0 Å². The van der Waals surface area contributed by atoms with Crippen molar-refractivity contribution in [2.24, 2.45) is 4.99 Å². The summed E-state index contributed by atoms with van der Waals surface area (Å²) in [6, 6.07) is 13.2. The Morgan fingerprint density at radius 2 is 2.03 bits per heavy atom. The van der Waals surface area contributed by atoms with Crippen LogP contribution in [-0.2, 0) is 16.1 Å². The summed E-state index contributed by atoms with van der Waals surface area (Å²) in [4.78, 5) is 16.4. The summed E-state index contributed by atoms with van der Waals surface area (Å²) in [5, 5.41) is 0. The number of benzene rings is 2. The van der Waals surface area contributed by atoms with Gasteiger partial charge in [0.05, 0.1) is 16.4 Å². The van der Waals surface area contributed by atoms with E-state index in [0.717, 1.165) is 3.57 Å². The number of aliphatic imine (C=N–C) groups is 1. The number of esters is 1. The molecule has 0 unspecified atom stereocenters. The topological polar surface area (TPSA) is 70.3 Å². The maximum Gasteiger partial charge on any atom is 0.363 e. The van der Waals surface area contributed by atoms with Crippen molar-refractivity contribution < 1.29 is 27.8 Å². The number of nitrogens with zero attached hydrogens (tertiary/aromatic N) is 1. The smallest absolute Gasteiger partial charge is 0.363 e. The molecule has 0 N–H and O–H groups in total. The van der Waals surface area contributed by atoms with Gasteiger partial charge in [0, 0.05) is 0 Å². The Labute approximate surface area is 191 Å². The van der Waals surface area contributed by atoms with E-state index in [9.17, 15) is 9.18 Å². The van der Waals surface area contributed by atoms with Crippen LogP contribution in [0.1, 0.15) is 23.8 Å². The van der Waals surface area contributed by atoms with Gasteiger partial charge in [-0.3, -0.25) is 0 Å². The van der Waals surface area contributed by atoms with Gasteiger partial charge in [-0.25, -0.2) is 14.2 Å². The van der Waals surface area contributed by atoms with E-state index < -0.39 is 5.97 Å². The average Bonchev–Trinajstić information content (AvgIpc) is 3.38. The van der Waals surface area contributed by atoms with Crippen molar-refractivity contribution in [1.82, 2.24) is 0 Å². The van der Waals surface area contributed by atoms with E-state index in [4.69, 9.17) is 18.6 Å². The molecule has 31 heavy (non-hydrogen) atoms. The van der Waals surface area contributed by atoms with Crippen LogP contribution < -0.4 is 9.47 Å². The Bertz CT molecular complexity index is 1170. The van der Waals surface area contributed by atoms with Crippen LogP contribution in [-0.4, -0.2) is 18.5 Å². The van der Waals surface area contributed by atoms with E-state index in [1.807, 2.05) is 13.0 Å². The third-order valence-electron chi connectivity index (χ3n) is 4.26. The first kappa shape index (κ1) is 21.1. The molecule has 4 rings (SSSR count). The van der Waals surface area contributed by atoms with Crippen molar-refractivity contribution >= 4 is 40.5 Å². The number of carbonyl (C=O) groups excluding carboxylic acids is 1. The largest absolute Gasteiger partial charge is 0.490 e. The second-order valence-corrected chi connectivity index (χ2v) is 7.66. The first-order valence-corrected chi connectivity index (χ1v) is 10.5. The van der Waals surface area contributed by atoms with Gasteiger partial charge in [0.25, 0.3) is 5.90 Å². The molecule has 1 aliphatic rings. The zero-order valence-corrected chi connectivity index (χ0v) is 18.6. The first-order valence-electron chi connectivity index (χ1n) is 9.43. The maximum absolute atomic E-state index is 13.4. The predicted molar refractivity (Wildman–Crippen MR) is 120 cm³/mol. The van der Waals surface area contributed by atoms with E-state index in [-0.39, 0.29) is 24.0 Å². The molecule has 0 atom stereocenters. The summed E-state index contributed by atoms with van der Waals surface area (Å²) < 4.78 is 36.3. The molecule has 1 aliphatic heterocycles. The molecular formula is C23H17FINO5. The molecule has 3 aromatic rings. The lowest BCUT2D eigenvalue weighted by Crippen LogP contribution is -2.04. The maximum atomic E-state index is 13.4. The Morgan fingerprint density at radius 3 is 2.77 bits per heavy atom. The summed E-state index contributed by atoms with van der Waals surface area (Å²) in [5.41, 5.74) is 1.55. The molecule has 0 saturated heterocycles. The third kappa shape index (κ3) is 4.96. The summed E-state index contributed by atoms with van der Waals surface area (Å²) in [6.45, 7) is 2.48. The molecule has 158 valence electrons. The van der Waals surface area contributed by atoms with Crippen molar-refractivity contribution in [2.45, 2.75) is 13.5 Å². The molecule has 0 spiro atoms. The van der Waals surface area contributed by atoms with Crippen LogP contribution in [0, 0.1) is 9.39 Å². The fourth-order valence-electron chi connectivity index (χ4n) is 2.93. The number of furan rings is 1. The molecule has 0 radical (unpaired) electrons. The number of carbonyl (C=O) groups is 1. The standard InChI is InChI=1S/C23H17FINO5/c1-2-28-20-12-15(11-18-23(27)31-22(26-18)19-7-4-8-29-19)10-17(25)21(20)30-13-14-5-3-6-16(24)9-14/h3-12H,2,13H2,1H3/b18-11-. The number of cyclic esters (lactones) is 1. The van der Waals surface area contributed by atoms with Crippen LogP contribution in [0.5, 0.6) is 11.5 Å². The van der Waals surface area contributed by atoms with Crippen LogP contribution >= 0.6 is 22.6 Å². The molecule has 0 amide bonds. The van der Waals surface area contributed by atoms with Crippen molar-refractivity contribution in [3.63, 3.8) is 0 Å². The van der Waals surface area contributed by atoms with Gasteiger partial charge in [-0.2, -0.15) is 0 Å². The third-order valence-corrected chi connectivity index (χ3v) is 5.06. The summed E-state index contributed by atoms with van der Waals surface area (Å²) in [6.07, 6.45) is 3.09.